The number of nitrogens with zero attached hydrogens (tertiary/aromatic N) is 2. The van der Waals surface area contributed by atoms with Crippen molar-refractivity contribution in [1.82, 2.24) is 0 Å². The summed E-state index contributed by atoms with van der Waals surface area (Å²) in [6, 6.07) is 23.3. The molecule has 0 aliphatic rings. The minimum absolute atomic E-state index is 0.511. The molecule has 0 heterocycles. The van der Waals surface area contributed by atoms with Crippen LogP contribution in [0.15, 0.2) is 72.8 Å². The van der Waals surface area contributed by atoms with Gasteiger partial charge in [0.05, 0.1) is 0 Å². The van der Waals surface area contributed by atoms with Gasteiger partial charge in [-0.1, -0.05) is 48.5 Å². The first kappa shape index (κ1) is 15.5. The van der Waals surface area contributed by atoms with E-state index in [0.29, 0.717) is 11.5 Å². The van der Waals surface area contributed by atoms with Crippen molar-refractivity contribution < 1.29 is 9.47 Å². The van der Waals surface area contributed by atoms with Crippen LogP contribution in [-0.4, -0.2) is 0 Å². The maximum atomic E-state index is 8.78. The molecule has 0 spiro atoms. The standard InChI is InChI=1S/C22H12N2O2/c23-13-25-17-9-10-19-16(11-17)4-2-5-20(19)21-6-1-3-15-7-8-18(26-14-24)12-22(15)21/h1-12H. The normalized spacial score (nSPS) is 10.2. The van der Waals surface area contributed by atoms with Gasteiger partial charge in [-0.15, -0.1) is 10.5 Å². The van der Waals surface area contributed by atoms with E-state index in [1.807, 2.05) is 54.6 Å². The van der Waals surface area contributed by atoms with Gasteiger partial charge in [-0.25, -0.2) is 0 Å². The molecule has 0 aromatic heterocycles. The van der Waals surface area contributed by atoms with E-state index >= 15 is 0 Å². The predicted molar refractivity (Wildman–Crippen MR) is 99.4 cm³/mol. The summed E-state index contributed by atoms with van der Waals surface area (Å²) in [5, 5.41) is 21.6. The zero-order valence-corrected chi connectivity index (χ0v) is 13.6. The van der Waals surface area contributed by atoms with Gasteiger partial charge in [-0.2, -0.15) is 0 Å². The van der Waals surface area contributed by atoms with Crippen LogP contribution in [-0.2, 0) is 0 Å². The van der Waals surface area contributed by atoms with Gasteiger partial charge in [0.1, 0.15) is 11.5 Å². The van der Waals surface area contributed by atoms with E-state index in [0.717, 1.165) is 32.7 Å². The molecular formula is C22H12N2O2. The van der Waals surface area contributed by atoms with Crippen LogP contribution < -0.4 is 9.47 Å². The molecular weight excluding hydrogens is 324 g/mol. The highest BCUT2D eigenvalue weighted by atomic mass is 16.5. The molecule has 0 saturated carbocycles. The number of nitriles is 2. The van der Waals surface area contributed by atoms with Gasteiger partial charge in [0.2, 0.25) is 0 Å². The van der Waals surface area contributed by atoms with Crippen LogP contribution in [0.25, 0.3) is 32.7 Å². The summed E-state index contributed by atoms with van der Waals surface area (Å²) in [5.41, 5.74) is 2.11. The van der Waals surface area contributed by atoms with E-state index in [9.17, 15) is 0 Å². The van der Waals surface area contributed by atoms with Crippen molar-refractivity contribution in [3.05, 3.63) is 72.8 Å². The maximum Gasteiger partial charge on any atom is 0.292 e. The lowest BCUT2D eigenvalue weighted by molar-refractivity contribution is 0.508. The third-order valence-corrected chi connectivity index (χ3v) is 4.32. The van der Waals surface area contributed by atoms with E-state index in [-0.39, 0.29) is 0 Å². The number of rotatable bonds is 3. The van der Waals surface area contributed by atoms with E-state index in [2.05, 4.69) is 6.07 Å². The Balaban J connectivity index is 1.96. The largest absolute Gasteiger partial charge is 0.388 e. The zero-order chi connectivity index (χ0) is 17.9. The Labute approximate surface area is 150 Å². The average molecular weight is 336 g/mol. The number of hydrogen-bond acceptors (Lipinski definition) is 4. The number of hydrogen-bond donors (Lipinski definition) is 0. The second kappa shape index (κ2) is 6.47. The minimum Gasteiger partial charge on any atom is -0.388 e. The quantitative estimate of drug-likeness (QED) is 0.471. The highest BCUT2D eigenvalue weighted by Gasteiger charge is 2.09. The van der Waals surface area contributed by atoms with Crippen molar-refractivity contribution in [2.75, 3.05) is 0 Å². The van der Waals surface area contributed by atoms with Crippen LogP contribution >= 0.6 is 0 Å². The fraction of sp³-hybridized carbons (Fsp3) is 0. The van der Waals surface area contributed by atoms with Crippen LogP contribution in [0.2, 0.25) is 0 Å². The van der Waals surface area contributed by atoms with E-state index in [4.69, 9.17) is 20.0 Å². The molecule has 0 aliphatic carbocycles. The average Bonchev–Trinajstić information content (AvgIpc) is 2.67. The lowest BCUT2D eigenvalue weighted by Gasteiger charge is -2.11. The molecule has 4 nitrogen and oxygen atoms in total. The minimum atomic E-state index is 0.511. The van der Waals surface area contributed by atoms with Gasteiger partial charge in [-0.3, -0.25) is 0 Å². The number of benzene rings is 4. The van der Waals surface area contributed by atoms with Crippen molar-refractivity contribution in [3.63, 3.8) is 0 Å². The van der Waals surface area contributed by atoms with E-state index in [1.165, 1.54) is 0 Å². The monoisotopic (exact) mass is 336 g/mol. The first-order chi connectivity index (χ1) is 12.8. The second-order valence-electron chi connectivity index (χ2n) is 5.76. The van der Waals surface area contributed by atoms with Gasteiger partial charge >= 0.3 is 0 Å². The van der Waals surface area contributed by atoms with Crippen molar-refractivity contribution in [1.29, 1.82) is 10.5 Å². The first-order valence-corrected chi connectivity index (χ1v) is 7.98. The fourth-order valence-corrected chi connectivity index (χ4v) is 3.22. The van der Waals surface area contributed by atoms with E-state index < -0.39 is 0 Å². The number of fused-ring (bicyclic) bond motifs is 2. The lowest BCUT2D eigenvalue weighted by atomic mass is 9.94. The molecule has 0 saturated heterocycles. The maximum absolute atomic E-state index is 8.78. The Hall–Kier alpha value is -4.02. The number of ether oxygens (including phenoxy) is 2. The lowest BCUT2D eigenvalue weighted by Crippen LogP contribution is -1.87. The molecule has 0 bridgehead atoms. The Morgan fingerprint density at radius 3 is 1.92 bits per heavy atom. The molecule has 0 N–H and O–H groups in total. The topological polar surface area (TPSA) is 66.0 Å². The van der Waals surface area contributed by atoms with E-state index in [1.54, 1.807) is 24.6 Å². The van der Waals surface area contributed by atoms with Gasteiger partial charge < -0.3 is 9.47 Å². The summed E-state index contributed by atoms with van der Waals surface area (Å²) in [4.78, 5) is 0. The predicted octanol–water partition coefficient (Wildman–Crippen LogP) is 5.38. The molecule has 0 atom stereocenters. The molecule has 4 aromatic rings. The van der Waals surface area contributed by atoms with Crippen LogP contribution in [0, 0.1) is 23.0 Å². The van der Waals surface area contributed by atoms with Gasteiger partial charge in [-0.05, 0) is 56.9 Å². The molecule has 122 valence electrons. The van der Waals surface area contributed by atoms with Crippen LogP contribution in [0.5, 0.6) is 11.5 Å². The SMILES string of the molecule is N#COc1ccc2c(-c3cccc4ccc(OC#N)cc34)cccc2c1. The summed E-state index contributed by atoms with van der Waals surface area (Å²) in [5.74, 6) is 1.03. The van der Waals surface area contributed by atoms with Gasteiger partial charge in [0.15, 0.2) is 0 Å². The highest BCUT2D eigenvalue weighted by molar-refractivity contribution is 6.06. The van der Waals surface area contributed by atoms with Gasteiger partial charge in [0.25, 0.3) is 12.5 Å². The molecule has 4 aromatic carbocycles. The van der Waals surface area contributed by atoms with Crippen LogP contribution in [0.4, 0.5) is 0 Å². The van der Waals surface area contributed by atoms with Crippen molar-refractivity contribution >= 4 is 21.5 Å². The van der Waals surface area contributed by atoms with Crippen molar-refractivity contribution in [2.24, 2.45) is 0 Å². The van der Waals surface area contributed by atoms with Crippen LogP contribution in [0.1, 0.15) is 0 Å². The molecule has 4 heteroatoms. The summed E-state index contributed by atoms with van der Waals surface area (Å²) in [7, 11) is 0. The molecule has 0 amide bonds. The van der Waals surface area contributed by atoms with Crippen molar-refractivity contribution in [2.45, 2.75) is 0 Å². The summed E-state index contributed by atoms with van der Waals surface area (Å²) >= 11 is 0. The zero-order valence-electron chi connectivity index (χ0n) is 13.6. The molecule has 4 rings (SSSR count). The fourth-order valence-electron chi connectivity index (χ4n) is 3.22. The third kappa shape index (κ3) is 2.66. The summed E-state index contributed by atoms with van der Waals surface area (Å²) in [6.45, 7) is 0. The van der Waals surface area contributed by atoms with Crippen molar-refractivity contribution in [3.8, 4) is 35.1 Å². The smallest absolute Gasteiger partial charge is 0.292 e. The third-order valence-electron chi connectivity index (χ3n) is 4.32. The first-order valence-electron chi connectivity index (χ1n) is 7.98. The molecule has 0 radical (unpaired) electrons. The Kier molecular flexibility index (Phi) is 3.86. The summed E-state index contributed by atoms with van der Waals surface area (Å²) < 4.78 is 9.92. The molecule has 0 aliphatic heterocycles. The molecule has 0 fully saturated rings. The second-order valence-corrected chi connectivity index (χ2v) is 5.76. The Morgan fingerprint density at radius 1 is 0.577 bits per heavy atom. The molecule has 26 heavy (non-hydrogen) atoms. The highest BCUT2D eigenvalue weighted by Crippen LogP contribution is 2.36. The van der Waals surface area contributed by atoms with Crippen LogP contribution in [0.3, 0.4) is 0 Å². The molecule has 0 unspecified atom stereocenters. The Morgan fingerprint density at radius 2 is 1.19 bits per heavy atom. The Bertz CT molecular complexity index is 1220. The summed E-state index contributed by atoms with van der Waals surface area (Å²) in [6.07, 6.45) is 3.41. The van der Waals surface area contributed by atoms with Gasteiger partial charge in [0, 0.05) is 0 Å².